The average Bonchev–Trinajstić information content (AvgIpc) is 2.83. The zero-order valence-corrected chi connectivity index (χ0v) is 23.1. The fourth-order valence-electron chi connectivity index (χ4n) is 4.09. The predicted octanol–water partition coefficient (Wildman–Crippen LogP) is 7.20. The molecule has 0 aliphatic heterocycles. The second-order valence-electron chi connectivity index (χ2n) is 8.62. The van der Waals surface area contributed by atoms with Gasteiger partial charge in [-0.3, -0.25) is 4.79 Å². The van der Waals surface area contributed by atoms with E-state index in [1.807, 2.05) is 44.2 Å². The lowest BCUT2D eigenvalue weighted by molar-refractivity contribution is 0.335. The summed E-state index contributed by atoms with van der Waals surface area (Å²) in [6.45, 7) is 8.74. The number of aromatic nitrogens is 2. The molecule has 0 saturated carbocycles. The number of halogens is 2. The van der Waals surface area contributed by atoms with Gasteiger partial charge in [0.05, 0.1) is 35.3 Å². The highest BCUT2D eigenvalue weighted by Crippen LogP contribution is 2.35. The monoisotopic (exact) mass is 567 g/mol. The first kappa shape index (κ1) is 25.9. The Hall–Kier alpha value is -3.16. The Bertz CT molecular complexity index is 1530. The van der Waals surface area contributed by atoms with Crippen molar-refractivity contribution in [1.29, 1.82) is 0 Å². The first-order chi connectivity index (χ1) is 17.2. The molecule has 0 unspecified atom stereocenters. The molecule has 6 nitrogen and oxygen atoms in total. The molecule has 0 aliphatic carbocycles. The minimum Gasteiger partial charge on any atom is -0.495 e. The average molecular weight is 569 g/mol. The van der Waals surface area contributed by atoms with E-state index < -0.39 is 0 Å². The van der Waals surface area contributed by atoms with Crippen LogP contribution in [0, 0.1) is 6.92 Å². The van der Waals surface area contributed by atoms with Crippen LogP contribution >= 0.6 is 27.5 Å². The van der Waals surface area contributed by atoms with E-state index in [2.05, 4.69) is 34.9 Å². The van der Waals surface area contributed by atoms with Crippen LogP contribution in [0.1, 0.15) is 43.4 Å². The second-order valence-corrected chi connectivity index (χ2v) is 9.91. The van der Waals surface area contributed by atoms with Crippen LogP contribution in [0.4, 0.5) is 0 Å². The Morgan fingerprint density at radius 3 is 2.64 bits per heavy atom. The normalized spacial score (nSPS) is 11.6. The second kappa shape index (κ2) is 10.8. The standard InChI is InChI=1S/C28H27BrClN3O3/c1-6-36-25-11-17(4)22(14-21(25)16(2)3)27-32-24-10-8-7-9-20(24)28(34)33(27)31-15-18-12-19(30)13-23(29)26(18)35-5/h7-16H,6H2,1-5H3. The summed E-state index contributed by atoms with van der Waals surface area (Å²) in [6.07, 6.45) is 1.56. The molecule has 8 heteroatoms. The molecule has 0 atom stereocenters. The van der Waals surface area contributed by atoms with Crippen molar-refractivity contribution in [3.05, 3.63) is 85.1 Å². The van der Waals surface area contributed by atoms with Crippen molar-refractivity contribution in [2.75, 3.05) is 13.7 Å². The van der Waals surface area contributed by atoms with E-state index in [0.29, 0.717) is 44.1 Å². The maximum atomic E-state index is 13.6. The Kier molecular flexibility index (Phi) is 7.81. The summed E-state index contributed by atoms with van der Waals surface area (Å²) in [7, 11) is 1.57. The molecule has 4 aromatic rings. The number of hydrogen-bond donors (Lipinski definition) is 0. The van der Waals surface area contributed by atoms with Crippen molar-refractivity contribution in [2.24, 2.45) is 5.10 Å². The number of methoxy groups -OCH3 is 1. The number of nitrogens with zero attached hydrogens (tertiary/aromatic N) is 3. The van der Waals surface area contributed by atoms with Gasteiger partial charge < -0.3 is 9.47 Å². The maximum absolute atomic E-state index is 13.6. The van der Waals surface area contributed by atoms with E-state index >= 15 is 0 Å². The molecule has 0 N–H and O–H groups in total. The molecule has 1 heterocycles. The lowest BCUT2D eigenvalue weighted by Crippen LogP contribution is -2.21. The van der Waals surface area contributed by atoms with Crippen LogP contribution in [-0.4, -0.2) is 29.6 Å². The van der Waals surface area contributed by atoms with Gasteiger partial charge in [0, 0.05) is 16.1 Å². The van der Waals surface area contributed by atoms with E-state index in [1.54, 1.807) is 31.5 Å². The lowest BCUT2D eigenvalue weighted by Gasteiger charge is -2.18. The quantitative estimate of drug-likeness (QED) is 0.221. The Balaban J connectivity index is 2.00. The van der Waals surface area contributed by atoms with Gasteiger partial charge in [0.2, 0.25) is 0 Å². The third-order valence-electron chi connectivity index (χ3n) is 5.83. The minimum atomic E-state index is -0.272. The van der Waals surface area contributed by atoms with E-state index in [0.717, 1.165) is 22.4 Å². The van der Waals surface area contributed by atoms with Crippen LogP contribution < -0.4 is 15.0 Å². The fourth-order valence-corrected chi connectivity index (χ4v) is 5.08. The van der Waals surface area contributed by atoms with E-state index in [4.69, 9.17) is 26.1 Å². The van der Waals surface area contributed by atoms with Crippen molar-refractivity contribution in [1.82, 2.24) is 9.66 Å². The number of para-hydroxylation sites is 1. The number of rotatable bonds is 7. The van der Waals surface area contributed by atoms with Gasteiger partial charge >= 0.3 is 0 Å². The highest BCUT2D eigenvalue weighted by molar-refractivity contribution is 9.10. The highest BCUT2D eigenvalue weighted by atomic mass is 79.9. The Morgan fingerprint density at radius 2 is 1.94 bits per heavy atom. The van der Waals surface area contributed by atoms with E-state index in [1.165, 1.54) is 4.68 Å². The van der Waals surface area contributed by atoms with Gasteiger partial charge in [-0.15, -0.1) is 0 Å². The Morgan fingerprint density at radius 1 is 1.19 bits per heavy atom. The summed E-state index contributed by atoms with van der Waals surface area (Å²) < 4.78 is 13.4. The summed E-state index contributed by atoms with van der Waals surface area (Å²) in [5.74, 6) is 2.05. The van der Waals surface area contributed by atoms with Crippen LogP contribution in [0.2, 0.25) is 5.02 Å². The largest absolute Gasteiger partial charge is 0.495 e. The van der Waals surface area contributed by atoms with Gasteiger partial charge in [-0.2, -0.15) is 9.78 Å². The van der Waals surface area contributed by atoms with Crippen molar-refractivity contribution >= 4 is 44.6 Å². The van der Waals surface area contributed by atoms with Gasteiger partial charge in [-0.1, -0.05) is 37.6 Å². The third-order valence-corrected chi connectivity index (χ3v) is 6.63. The SMILES string of the molecule is CCOc1cc(C)c(-c2nc3ccccc3c(=O)n2N=Cc2cc(Cl)cc(Br)c2OC)cc1C(C)C. The maximum Gasteiger partial charge on any atom is 0.282 e. The molecule has 0 bridgehead atoms. The number of aryl methyl sites for hydroxylation is 1. The van der Waals surface area contributed by atoms with Crippen molar-refractivity contribution < 1.29 is 9.47 Å². The van der Waals surface area contributed by atoms with Crippen LogP contribution in [-0.2, 0) is 0 Å². The first-order valence-electron chi connectivity index (χ1n) is 11.6. The summed E-state index contributed by atoms with van der Waals surface area (Å²) >= 11 is 9.73. The summed E-state index contributed by atoms with van der Waals surface area (Å²) in [5, 5.41) is 5.58. The molecular formula is C28H27BrClN3O3. The van der Waals surface area contributed by atoms with Crippen molar-refractivity contribution in [3.8, 4) is 22.9 Å². The number of fused-ring (bicyclic) bond motifs is 1. The molecule has 0 radical (unpaired) electrons. The van der Waals surface area contributed by atoms with Gasteiger partial charge in [0.25, 0.3) is 5.56 Å². The molecule has 0 saturated heterocycles. The number of ether oxygens (including phenoxy) is 2. The van der Waals surface area contributed by atoms with Crippen LogP contribution in [0.15, 0.2) is 62.9 Å². The third kappa shape index (κ3) is 5.04. The predicted molar refractivity (Wildman–Crippen MR) is 150 cm³/mol. The van der Waals surface area contributed by atoms with Gasteiger partial charge in [-0.05, 0) is 83.2 Å². The molecule has 0 amide bonds. The summed E-state index contributed by atoms with van der Waals surface area (Å²) in [4.78, 5) is 18.5. The smallest absolute Gasteiger partial charge is 0.282 e. The zero-order chi connectivity index (χ0) is 26.0. The summed E-state index contributed by atoms with van der Waals surface area (Å²) in [5.41, 5.74) is 3.72. The van der Waals surface area contributed by atoms with Crippen LogP contribution in [0.25, 0.3) is 22.3 Å². The van der Waals surface area contributed by atoms with Crippen molar-refractivity contribution in [3.63, 3.8) is 0 Å². The number of hydrogen-bond acceptors (Lipinski definition) is 5. The minimum absolute atomic E-state index is 0.211. The van der Waals surface area contributed by atoms with Gasteiger partial charge in [0.1, 0.15) is 11.5 Å². The lowest BCUT2D eigenvalue weighted by atomic mass is 9.96. The molecule has 186 valence electrons. The van der Waals surface area contributed by atoms with Gasteiger partial charge in [0.15, 0.2) is 5.82 Å². The molecular weight excluding hydrogens is 542 g/mol. The molecule has 3 aromatic carbocycles. The summed E-state index contributed by atoms with van der Waals surface area (Å²) in [6, 6.07) is 14.8. The first-order valence-corrected chi connectivity index (χ1v) is 12.8. The van der Waals surface area contributed by atoms with Crippen LogP contribution in [0.5, 0.6) is 11.5 Å². The van der Waals surface area contributed by atoms with E-state index in [-0.39, 0.29) is 11.5 Å². The molecule has 4 rings (SSSR count). The molecule has 1 aromatic heterocycles. The van der Waals surface area contributed by atoms with Crippen molar-refractivity contribution in [2.45, 2.75) is 33.6 Å². The highest BCUT2D eigenvalue weighted by Gasteiger charge is 2.19. The molecule has 0 spiro atoms. The van der Waals surface area contributed by atoms with E-state index in [9.17, 15) is 4.79 Å². The Labute approximate surface area is 223 Å². The number of benzene rings is 3. The van der Waals surface area contributed by atoms with Crippen LogP contribution in [0.3, 0.4) is 0 Å². The molecule has 36 heavy (non-hydrogen) atoms. The molecule has 0 fully saturated rings. The zero-order valence-electron chi connectivity index (χ0n) is 20.8. The topological polar surface area (TPSA) is 65.7 Å². The molecule has 0 aliphatic rings. The fraction of sp³-hybridized carbons (Fsp3) is 0.250. The van der Waals surface area contributed by atoms with Gasteiger partial charge in [-0.25, -0.2) is 4.98 Å².